The maximum Gasteiger partial charge on any atom is 0.220 e. The molecule has 2 atom stereocenters. The third-order valence-corrected chi connectivity index (χ3v) is 5.59. The molecule has 126 valence electrons. The molecule has 0 aromatic rings. The summed E-state index contributed by atoms with van der Waals surface area (Å²) in [5, 5.41) is 6.55. The van der Waals surface area contributed by atoms with Crippen LogP contribution in [0.2, 0.25) is 0 Å². The highest BCUT2D eigenvalue weighted by atomic mass is 127. The first kappa shape index (κ1) is 17.8. The fraction of sp³-hybridized carbons (Fsp3) is 0.875. The van der Waals surface area contributed by atoms with Crippen molar-refractivity contribution in [3.8, 4) is 0 Å². The van der Waals surface area contributed by atoms with E-state index in [1.54, 1.807) is 0 Å². The maximum atomic E-state index is 11.6. The zero-order valence-corrected chi connectivity index (χ0v) is 16.3. The van der Waals surface area contributed by atoms with Gasteiger partial charge in [0.25, 0.3) is 0 Å². The molecule has 6 heteroatoms. The lowest BCUT2D eigenvalue weighted by atomic mass is 9.79. The molecule has 0 aromatic heterocycles. The van der Waals surface area contributed by atoms with E-state index in [0.29, 0.717) is 11.8 Å². The van der Waals surface area contributed by atoms with Crippen molar-refractivity contribution in [2.45, 2.75) is 39.5 Å². The molecule has 3 rings (SSSR count). The first-order valence-corrected chi connectivity index (χ1v) is 8.16. The highest BCUT2D eigenvalue weighted by Gasteiger charge is 2.46. The first-order valence-electron chi connectivity index (χ1n) is 8.16. The summed E-state index contributed by atoms with van der Waals surface area (Å²) in [6, 6.07) is 0. The van der Waals surface area contributed by atoms with Crippen LogP contribution in [0.4, 0.5) is 0 Å². The number of aliphatic imine (C=N–C) groups is 1. The Bertz CT molecular complexity index is 465. The number of rotatable bonds is 2. The van der Waals surface area contributed by atoms with E-state index in [-0.39, 0.29) is 35.3 Å². The molecule has 0 aromatic carbocycles. The van der Waals surface area contributed by atoms with Gasteiger partial charge in [0.1, 0.15) is 0 Å². The van der Waals surface area contributed by atoms with Crippen LogP contribution < -0.4 is 10.6 Å². The van der Waals surface area contributed by atoms with Gasteiger partial charge in [-0.25, -0.2) is 0 Å². The first-order chi connectivity index (χ1) is 9.94. The van der Waals surface area contributed by atoms with E-state index in [2.05, 4.69) is 34.4 Å². The van der Waals surface area contributed by atoms with E-state index in [9.17, 15) is 4.79 Å². The van der Waals surface area contributed by atoms with Gasteiger partial charge in [-0.2, -0.15) is 0 Å². The second kappa shape index (κ2) is 6.53. The molecule has 2 unspecified atom stereocenters. The number of amides is 1. The van der Waals surface area contributed by atoms with Gasteiger partial charge in [-0.3, -0.25) is 9.79 Å². The molecule has 2 aliphatic heterocycles. The van der Waals surface area contributed by atoms with Crippen LogP contribution in [0.15, 0.2) is 4.99 Å². The smallest absolute Gasteiger partial charge is 0.220 e. The highest BCUT2D eigenvalue weighted by Crippen LogP contribution is 2.51. The number of carbonyl (C=O) groups excluding carboxylic acids is 1. The molecule has 5 nitrogen and oxygen atoms in total. The molecule has 1 saturated carbocycles. The zero-order valence-electron chi connectivity index (χ0n) is 13.9. The molecule has 0 bridgehead atoms. The SMILES string of the molecule is CN=C(NCC1CC1(C)C)N1CCCC2(CNC(=O)C2)C1.I. The number of piperidine rings is 1. The Morgan fingerprint density at radius 1 is 1.50 bits per heavy atom. The number of likely N-dealkylation sites (tertiary alicyclic amines) is 1. The quantitative estimate of drug-likeness (QED) is 0.407. The second-order valence-electron chi connectivity index (χ2n) is 7.80. The van der Waals surface area contributed by atoms with Crippen molar-refractivity contribution in [2.24, 2.45) is 21.7 Å². The van der Waals surface area contributed by atoms with Crippen LogP contribution in [-0.4, -0.2) is 50.0 Å². The lowest BCUT2D eigenvalue weighted by Crippen LogP contribution is -2.51. The van der Waals surface area contributed by atoms with Gasteiger partial charge in [0, 0.05) is 45.1 Å². The van der Waals surface area contributed by atoms with Gasteiger partial charge in [-0.1, -0.05) is 13.8 Å². The molecule has 0 radical (unpaired) electrons. The summed E-state index contributed by atoms with van der Waals surface area (Å²) in [6.45, 7) is 8.49. The average molecular weight is 420 g/mol. The number of guanidine groups is 1. The molecular weight excluding hydrogens is 391 g/mol. The van der Waals surface area contributed by atoms with Gasteiger partial charge in [0.05, 0.1) is 0 Å². The Hall–Kier alpha value is -0.530. The van der Waals surface area contributed by atoms with Crippen LogP contribution in [-0.2, 0) is 4.79 Å². The second-order valence-corrected chi connectivity index (χ2v) is 7.80. The van der Waals surface area contributed by atoms with Crippen molar-refractivity contribution in [1.82, 2.24) is 15.5 Å². The third-order valence-electron chi connectivity index (χ3n) is 5.59. The topological polar surface area (TPSA) is 56.7 Å². The predicted molar refractivity (Wildman–Crippen MR) is 99.5 cm³/mol. The van der Waals surface area contributed by atoms with Crippen molar-refractivity contribution in [3.63, 3.8) is 0 Å². The van der Waals surface area contributed by atoms with Crippen LogP contribution in [0.1, 0.15) is 39.5 Å². The number of carbonyl (C=O) groups is 1. The summed E-state index contributed by atoms with van der Waals surface area (Å²) < 4.78 is 0. The van der Waals surface area contributed by atoms with Crippen LogP contribution >= 0.6 is 24.0 Å². The molecule has 1 amide bonds. The van der Waals surface area contributed by atoms with Gasteiger partial charge in [0.2, 0.25) is 5.91 Å². The minimum atomic E-state index is 0. The van der Waals surface area contributed by atoms with Gasteiger partial charge >= 0.3 is 0 Å². The molecule has 22 heavy (non-hydrogen) atoms. The summed E-state index contributed by atoms with van der Waals surface area (Å²) in [4.78, 5) is 18.4. The predicted octanol–water partition coefficient (Wildman–Crippen LogP) is 1.83. The third kappa shape index (κ3) is 3.68. The van der Waals surface area contributed by atoms with Gasteiger partial charge < -0.3 is 15.5 Å². The van der Waals surface area contributed by atoms with Gasteiger partial charge in [0.15, 0.2) is 5.96 Å². The van der Waals surface area contributed by atoms with E-state index in [4.69, 9.17) is 0 Å². The Morgan fingerprint density at radius 3 is 2.77 bits per heavy atom. The van der Waals surface area contributed by atoms with Crippen molar-refractivity contribution in [2.75, 3.05) is 33.2 Å². The standard InChI is InChI=1S/C16H28N4O.HI/c1-15(2)7-12(15)9-18-14(17-3)20-6-4-5-16(11-20)8-13(21)19-10-16;/h12H,4-11H2,1-3H3,(H,17,18)(H,19,21);1H. The number of hydrogen-bond donors (Lipinski definition) is 2. The van der Waals surface area contributed by atoms with E-state index in [1.807, 2.05) is 7.05 Å². The van der Waals surface area contributed by atoms with Crippen molar-refractivity contribution in [3.05, 3.63) is 0 Å². The normalized spacial score (nSPS) is 33.4. The summed E-state index contributed by atoms with van der Waals surface area (Å²) in [7, 11) is 1.86. The highest BCUT2D eigenvalue weighted by molar-refractivity contribution is 14.0. The summed E-state index contributed by atoms with van der Waals surface area (Å²) in [5.74, 6) is 1.98. The monoisotopic (exact) mass is 420 g/mol. The van der Waals surface area contributed by atoms with E-state index < -0.39 is 0 Å². The maximum absolute atomic E-state index is 11.6. The lowest BCUT2D eigenvalue weighted by molar-refractivity contribution is -0.119. The molecule has 2 saturated heterocycles. The molecule has 3 fully saturated rings. The van der Waals surface area contributed by atoms with Crippen molar-refractivity contribution < 1.29 is 4.79 Å². The summed E-state index contributed by atoms with van der Waals surface area (Å²) in [5.41, 5.74) is 0.628. The van der Waals surface area contributed by atoms with E-state index >= 15 is 0 Å². The largest absolute Gasteiger partial charge is 0.356 e. The number of nitrogens with zero attached hydrogens (tertiary/aromatic N) is 2. The Balaban J connectivity index is 0.00000176. The molecule has 1 spiro atoms. The van der Waals surface area contributed by atoms with Crippen molar-refractivity contribution >= 4 is 35.8 Å². The molecular formula is C16H29IN4O. The Morgan fingerprint density at radius 2 is 2.23 bits per heavy atom. The average Bonchev–Trinajstić information content (AvgIpc) is 2.89. The van der Waals surface area contributed by atoms with Crippen LogP contribution in [0, 0.1) is 16.7 Å². The fourth-order valence-electron chi connectivity index (χ4n) is 3.90. The molecule has 3 aliphatic rings. The minimum absolute atomic E-state index is 0. The van der Waals surface area contributed by atoms with Crippen LogP contribution in [0.25, 0.3) is 0 Å². The van der Waals surface area contributed by atoms with E-state index in [1.165, 1.54) is 6.42 Å². The number of halogens is 1. The Labute approximate surface area is 150 Å². The van der Waals surface area contributed by atoms with Crippen LogP contribution in [0.3, 0.4) is 0 Å². The summed E-state index contributed by atoms with van der Waals surface area (Å²) >= 11 is 0. The number of nitrogens with one attached hydrogen (secondary N) is 2. The molecule has 2 heterocycles. The van der Waals surface area contributed by atoms with Gasteiger partial charge in [-0.05, 0) is 30.6 Å². The van der Waals surface area contributed by atoms with Crippen LogP contribution in [0.5, 0.6) is 0 Å². The molecule has 1 aliphatic carbocycles. The van der Waals surface area contributed by atoms with E-state index in [0.717, 1.165) is 50.9 Å². The zero-order chi connectivity index (χ0) is 15.1. The lowest BCUT2D eigenvalue weighted by Gasteiger charge is -2.40. The Kier molecular flexibility index (Phi) is 5.29. The van der Waals surface area contributed by atoms with Gasteiger partial charge in [-0.15, -0.1) is 24.0 Å². The fourth-order valence-corrected chi connectivity index (χ4v) is 3.90. The summed E-state index contributed by atoms with van der Waals surface area (Å²) in [6.07, 6.45) is 4.27. The minimum Gasteiger partial charge on any atom is -0.356 e. The van der Waals surface area contributed by atoms with Crippen molar-refractivity contribution in [1.29, 1.82) is 0 Å². The molecule has 2 N–H and O–H groups in total. The number of hydrogen-bond acceptors (Lipinski definition) is 2.